The lowest BCUT2D eigenvalue weighted by molar-refractivity contribution is 0.589. The van der Waals surface area contributed by atoms with E-state index in [2.05, 4.69) is 56.9 Å². The van der Waals surface area contributed by atoms with E-state index in [0.29, 0.717) is 0 Å². The van der Waals surface area contributed by atoms with Gasteiger partial charge < -0.3 is 5.84 Å². The van der Waals surface area contributed by atoms with Gasteiger partial charge in [-0.2, -0.15) is 0 Å². The standard InChI is InChI=1S/C16H24N4S/c1-10-7-13(16(4,5)6)8-11(2)14(10)9-21-15-19-18-12(3)20(15)17/h7-8H,9,17H2,1-6H3. The number of aryl methyl sites for hydroxylation is 3. The van der Waals surface area contributed by atoms with Crippen molar-refractivity contribution in [2.75, 3.05) is 5.84 Å². The highest BCUT2D eigenvalue weighted by atomic mass is 32.2. The molecular formula is C16H24N4S. The second kappa shape index (κ2) is 5.72. The summed E-state index contributed by atoms with van der Waals surface area (Å²) in [5.41, 5.74) is 5.56. The van der Waals surface area contributed by atoms with Crippen LogP contribution in [0.3, 0.4) is 0 Å². The number of rotatable bonds is 3. The van der Waals surface area contributed by atoms with Crippen molar-refractivity contribution in [1.82, 2.24) is 14.9 Å². The van der Waals surface area contributed by atoms with Crippen molar-refractivity contribution in [3.63, 3.8) is 0 Å². The molecule has 21 heavy (non-hydrogen) atoms. The van der Waals surface area contributed by atoms with E-state index in [9.17, 15) is 0 Å². The van der Waals surface area contributed by atoms with Gasteiger partial charge in [0.1, 0.15) is 5.82 Å². The van der Waals surface area contributed by atoms with Gasteiger partial charge in [-0.15, -0.1) is 10.2 Å². The molecule has 1 aromatic carbocycles. The highest BCUT2D eigenvalue weighted by Crippen LogP contribution is 2.30. The molecule has 4 nitrogen and oxygen atoms in total. The monoisotopic (exact) mass is 304 g/mol. The second-order valence-electron chi connectivity index (χ2n) is 6.53. The molecular weight excluding hydrogens is 280 g/mol. The van der Waals surface area contributed by atoms with Crippen LogP contribution in [0.1, 0.15) is 48.8 Å². The van der Waals surface area contributed by atoms with Crippen LogP contribution in [0.25, 0.3) is 0 Å². The fourth-order valence-corrected chi connectivity index (χ4v) is 3.34. The zero-order valence-electron chi connectivity index (χ0n) is 13.7. The van der Waals surface area contributed by atoms with Crippen LogP contribution < -0.4 is 5.84 Å². The van der Waals surface area contributed by atoms with Crippen molar-refractivity contribution in [2.24, 2.45) is 0 Å². The molecule has 0 aliphatic rings. The second-order valence-corrected chi connectivity index (χ2v) is 7.47. The molecule has 0 bridgehead atoms. The molecule has 0 amide bonds. The normalized spacial score (nSPS) is 11.9. The number of nitrogens with two attached hydrogens (primary N) is 1. The first-order valence-corrected chi connectivity index (χ1v) is 8.09. The smallest absolute Gasteiger partial charge is 0.210 e. The maximum absolute atomic E-state index is 5.89. The average Bonchev–Trinajstić information content (AvgIpc) is 2.68. The lowest BCUT2D eigenvalue weighted by Gasteiger charge is -2.22. The Labute approximate surface area is 131 Å². The molecule has 2 rings (SSSR count). The maximum atomic E-state index is 5.89. The van der Waals surface area contributed by atoms with Gasteiger partial charge in [-0.25, -0.2) is 4.68 Å². The third kappa shape index (κ3) is 3.40. The van der Waals surface area contributed by atoms with Gasteiger partial charge in [0.15, 0.2) is 0 Å². The largest absolute Gasteiger partial charge is 0.336 e. The molecule has 0 atom stereocenters. The van der Waals surface area contributed by atoms with E-state index < -0.39 is 0 Å². The summed E-state index contributed by atoms with van der Waals surface area (Å²) in [6.07, 6.45) is 0. The van der Waals surface area contributed by atoms with E-state index in [1.165, 1.54) is 22.3 Å². The van der Waals surface area contributed by atoms with Gasteiger partial charge in [0.2, 0.25) is 5.16 Å². The Morgan fingerprint density at radius 2 is 1.67 bits per heavy atom. The van der Waals surface area contributed by atoms with E-state index in [1.807, 2.05) is 6.92 Å². The molecule has 0 aliphatic heterocycles. The number of hydrogen-bond acceptors (Lipinski definition) is 4. The van der Waals surface area contributed by atoms with Crippen LogP contribution in [0.5, 0.6) is 0 Å². The molecule has 0 aliphatic carbocycles. The molecule has 5 heteroatoms. The van der Waals surface area contributed by atoms with Crippen LogP contribution in [0.15, 0.2) is 17.3 Å². The fraction of sp³-hybridized carbons (Fsp3) is 0.500. The SMILES string of the molecule is Cc1cc(C(C)(C)C)cc(C)c1CSc1nnc(C)n1N. The number of aromatic nitrogens is 3. The summed E-state index contributed by atoms with van der Waals surface area (Å²) in [7, 11) is 0. The van der Waals surface area contributed by atoms with Crippen LogP contribution >= 0.6 is 11.8 Å². The Morgan fingerprint density at radius 1 is 1.10 bits per heavy atom. The van der Waals surface area contributed by atoms with Crippen LogP contribution in [-0.4, -0.2) is 14.9 Å². The Morgan fingerprint density at radius 3 is 2.10 bits per heavy atom. The van der Waals surface area contributed by atoms with E-state index >= 15 is 0 Å². The van der Waals surface area contributed by atoms with E-state index in [-0.39, 0.29) is 5.41 Å². The lowest BCUT2D eigenvalue weighted by atomic mass is 9.84. The Hall–Kier alpha value is -1.49. The molecule has 0 radical (unpaired) electrons. The molecule has 0 spiro atoms. The van der Waals surface area contributed by atoms with Gasteiger partial charge in [-0.05, 0) is 48.4 Å². The van der Waals surface area contributed by atoms with Gasteiger partial charge in [0.05, 0.1) is 0 Å². The van der Waals surface area contributed by atoms with Gasteiger partial charge >= 0.3 is 0 Å². The number of thioether (sulfide) groups is 1. The number of benzene rings is 1. The van der Waals surface area contributed by atoms with Crippen molar-refractivity contribution < 1.29 is 0 Å². The summed E-state index contributed by atoms with van der Waals surface area (Å²) in [6, 6.07) is 4.59. The minimum Gasteiger partial charge on any atom is -0.336 e. The van der Waals surface area contributed by atoms with Crippen molar-refractivity contribution in [3.8, 4) is 0 Å². The van der Waals surface area contributed by atoms with Gasteiger partial charge in [-0.1, -0.05) is 44.7 Å². The summed E-state index contributed by atoms with van der Waals surface area (Å²) in [5.74, 6) is 7.48. The lowest BCUT2D eigenvalue weighted by Crippen LogP contribution is -2.13. The first kappa shape index (κ1) is 15.9. The predicted molar refractivity (Wildman–Crippen MR) is 89.1 cm³/mol. The third-order valence-electron chi connectivity index (χ3n) is 3.74. The quantitative estimate of drug-likeness (QED) is 0.696. The molecule has 0 fully saturated rings. The summed E-state index contributed by atoms with van der Waals surface area (Å²) in [5, 5.41) is 8.84. The van der Waals surface area contributed by atoms with Crippen LogP contribution in [-0.2, 0) is 11.2 Å². The van der Waals surface area contributed by atoms with Gasteiger partial charge in [0.25, 0.3) is 0 Å². The van der Waals surface area contributed by atoms with E-state index in [0.717, 1.165) is 16.7 Å². The Balaban J connectivity index is 2.23. The number of nitrogen functional groups attached to an aromatic ring is 1. The highest BCUT2D eigenvalue weighted by molar-refractivity contribution is 7.98. The molecule has 1 aromatic heterocycles. The minimum atomic E-state index is 0.176. The van der Waals surface area contributed by atoms with Crippen LogP contribution in [0.4, 0.5) is 0 Å². The van der Waals surface area contributed by atoms with Crippen molar-refractivity contribution in [3.05, 3.63) is 40.2 Å². The Bertz CT molecular complexity index is 630. The number of hydrogen-bond donors (Lipinski definition) is 1. The van der Waals surface area contributed by atoms with E-state index in [4.69, 9.17) is 5.84 Å². The summed E-state index contributed by atoms with van der Waals surface area (Å²) in [6.45, 7) is 12.9. The topological polar surface area (TPSA) is 56.7 Å². The maximum Gasteiger partial charge on any atom is 0.210 e. The minimum absolute atomic E-state index is 0.176. The van der Waals surface area contributed by atoms with Gasteiger partial charge in [0, 0.05) is 5.75 Å². The van der Waals surface area contributed by atoms with E-state index in [1.54, 1.807) is 16.4 Å². The predicted octanol–water partition coefficient (Wildman–Crippen LogP) is 3.51. The summed E-state index contributed by atoms with van der Waals surface area (Å²) in [4.78, 5) is 0. The fourth-order valence-electron chi connectivity index (χ4n) is 2.24. The zero-order chi connectivity index (χ0) is 15.8. The molecule has 0 saturated heterocycles. The van der Waals surface area contributed by atoms with Crippen molar-refractivity contribution in [1.29, 1.82) is 0 Å². The number of nitrogens with zero attached hydrogens (tertiary/aromatic N) is 3. The molecule has 114 valence electrons. The molecule has 0 unspecified atom stereocenters. The molecule has 2 N–H and O–H groups in total. The molecule has 1 heterocycles. The Kier molecular flexibility index (Phi) is 4.33. The first-order chi connectivity index (χ1) is 9.70. The van der Waals surface area contributed by atoms with Gasteiger partial charge in [-0.3, -0.25) is 0 Å². The molecule has 2 aromatic rings. The summed E-state index contributed by atoms with van der Waals surface area (Å²) >= 11 is 1.63. The van der Waals surface area contributed by atoms with Crippen LogP contribution in [0.2, 0.25) is 0 Å². The average molecular weight is 304 g/mol. The first-order valence-electron chi connectivity index (χ1n) is 7.10. The third-order valence-corrected chi connectivity index (χ3v) is 4.71. The zero-order valence-corrected chi connectivity index (χ0v) is 14.5. The summed E-state index contributed by atoms with van der Waals surface area (Å²) < 4.78 is 1.54. The molecule has 0 saturated carbocycles. The van der Waals surface area contributed by atoms with Crippen LogP contribution in [0, 0.1) is 20.8 Å². The van der Waals surface area contributed by atoms with Crippen molar-refractivity contribution in [2.45, 2.75) is 57.9 Å². The van der Waals surface area contributed by atoms with Crippen molar-refractivity contribution >= 4 is 11.8 Å². The highest BCUT2D eigenvalue weighted by Gasteiger charge is 2.17.